The highest BCUT2D eigenvalue weighted by atomic mass is 16.7. The lowest BCUT2D eigenvalue weighted by Gasteiger charge is -2.50. The van der Waals surface area contributed by atoms with Crippen LogP contribution in [0.1, 0.15) is 53.9 Å². The van der Waals surface area contributed by atoms with E-state index in [4.69, 9.17) is 4.84 Å². The summed E-state index contributed by atoms with van der Waals surface area (Å²) in [5.41, 5.74) is -0.169. The molecule has 0 amide bonds. The molecule has 16 heavy (non-hydrogen) atoms. The molecule has 0 bridgehead atoms. The van der Waals surface area contributed by atoms with E-state index in [1.54, 1.807) is 6.08 Å². The summed E-state index contributed by atoms with van der Waals surface area (Å²) in [6, 6.07) is 0. The normalized spacial score (nSPS) is 24.6. The Labute approximate surface area is 98.4 Å². The van der Waals surface area contributed by atoms with Crippen molar-refractivity contribution in [2.75, 3.05) is 0 Å². The Kier molecular flexibility index (Phi) is 3.79. The molecule has 0 N–H and O–H groups in total. The van der Waals surface area contributed by atoms with Crippen LogP contribution in [0.25, 0.3) is 0 Å². The van der Waals surface area contributed by atoms with Crippen LogP contribution < -0.4 is 0 Å². The smallest absolute Gasteiger partial charge is 0.349 e. The van der Waals surface area contributed by atoms with Crippen molar-refractivity contribution in [3.8, 4) is 0 Å². The zero-order chi connectivity index (χ0) is 12.4. The number of rotatable bonds is 2. The van der Waals surface area contributed by atoms with Gasteiger partial charge in [0.25, 0.3) is 0 Å². The van der Waals surface area contributed by atoms with Gasteiger partial charge >= 0.3 is 5.97 Å². The van der Waals surface area contributed by atoms with Gasteiger partial charge in [0, 0.05) is 6.08 Å². The van der Waals surface area contributed by atoms with Crippen molar-refractivity contribution in [2.24, 2.45) is 0 Å². The average Bonchev–Trinajstić information content (AvgIpc) is 2.11. The summed E-state index contributed by atoms with van der Waals surface area (Å²) in [6.45, 7) is 10.3. The summed E-state index contributed by atoms with van der Waals surface area (Å²) in [5, 5.41) is 1.87. The molecule has 0 aromatic heterocycles. The van der Waals surface area contributed by atoms with Crippen LogP contribution in [0.15, 0.2) is 12.2 Å². The maximum Gasteiger partial charge on any atom is 0.349 e. The second kappa shape index (κ2) is 4.58. The number of nitrogens with zero attached hydrogens (tertiary/aromatic N) is 1. The van der Waals surface area contributed by atoms with Crippen LogP contribution in [0.3, 0.4) is 0 Å². The molecular weight excluding hydrogens is 202 g/mol. The number of allylic oxidation sites excluding steroid dienone is 1. The molecule has 1 heterocycles. The Bertz CT molecular complexity index is 276. The lowest BCUT2D eigenvalue weighted by atomic mass is 9.82. The van der Waals surface area contributed by atoms with E-state index in [-0.39, 0.29) is 17.0 Å². The van der Waals surface area contributed by atoms with Crippen LogP contribution in [-0.2, 0) is 9.63 Å². The highest BCUT2D eigenvalue weighted by Crippen LogP contribution is 2.38. The first-order valence-corrected chi connectivity index (χ1v) is 5.94. The van der Waals surface area contributed by atoms with Crippen molar-refractivity contribution >= 4 is 5.97 Å². The van der Waals surface area contributed by atoms with E-state index < -0.39 is 0 Å². The highest BCUT2D eigenvalue weighted by molar-refractivity contribution is 5.81. The standard InChI is InChI=1S/C13H23NO2/c1-6-8-11(15)16-14-12(2,3)9-7-10-13(14,4)5/h6,8H,7,9-10H2,1-5H3. The van der Waals surface area contributed by atoms with Crippen LogP contribution in [0.4, 0.5) is 0 Å². The lowest BCUT2D eigenvalue weighted by molar-refractivity contribution is -0.261. The number of carbonyl (C=O) groups is 1. The molecule has 0 aromatic rings. The van der Waals surface area contributed by atoms with Gasteiger partial charge in [-0.1, -0.05) is 6.08 Å². The summed E-state index contributed by atoms with van der Waals surface area (Å²) in [4.78, 5) is 17.0. The predicted molar refractivity (Wildman–Crippen MR) is 64.8 cm³/mol. The van der Waals surface area contributed by atoms with E-state index in [0.717, 1.165) is 12.8 Å². The topological polar surface area (TPSA) is 29.5 Å². The highest BCUT2D eigenvalue weighted by Gasteiger charge is 2.44. The SMILES string of the molecule is CC=CC(=O)ON1C(C)(C)CCCC1(C)C. The van der Waals surface area contributed by atoms with Crippen molar-refractivity contribution in [1.29, 1.82) is 0 Å². The molecule has 3 heteroatoms. The van der Waals surface area contributed by atoms with Gasteiger partial charge in [-0.3, -0.25) is 0 Å². The fourth-order valence-electron chi connectivity index (χ4n) is 2.48. The van der Waals surface area contributed by atoms with Gasteiger partial charge in [-0.2, -0.15) is 0 Å². The number of carbonyl (C=O) groups excluding carboxylic acids is 1. The number of piperidine rings is 1. The van der Waals surface area contributed by atoms with Crippen LogP contribution in [-0.4, -0.2) is 22.1 Å². The van der Waals surface area contributed by atoms with Crippen molar-refractivity contribution in [3.05, 3.63) is 12.2 Å². The van der Waals surface area contributed by atoms with Crippen LogP contribution >= 0.6 is 0 Å². The Morgan fingerprint density at radius 1 is 1.19 bits per heavy atom. The Hall–Kier alpha value is -0.830. The van der Waals surface area contributed by atoms with Gasteiger partial charge in [0.15, 0.2) is 0 Å². The Balaban J connectivity index is 2.83. The minimum atomic E-state index is -0.287. The first kappa shape index (κ1) is 13.2. The van der Waals surface area contributed by atoms with Gasteiger partial charge in [0.05, 0.1) is 11.1 Å². The molecule has 1 fully saturated rings. The van der Waals surface area contributed by atoms with Crippen molar-refractivity contribution in [1.82, 2.24) is 5.06 Å². The fourth-order valence-corrected chi connectivity index (χ4v) is 2.48. The van der Waals surface area contributed by atoms with E-state index in [1.165, 1.54) is 12.5 Å². The fraction of sp³-hybridized carbons (Fsp3) is 0.769. The van der Waals surface area contributed by atoms with E-state index in [0.29, 0.717) is 0 Å². The molecule has 0 unspecified atom stereocenters. The van der Waals surface area contributed by atoms with Gasteiger partial charge in [-0.15, -0.1) is 5.06 Å². The summed E-state index contributed by atoms with van der Waals surface area (Å²) in [6.07, 6.45) is 6.45. The van der Waals surface area contributed by atoms with Crippen molar-refractivity contribution in [2.45, 2.75) is 65.0 Å². The quantitative estimate of drug-likeness (QED) is 0.676. The maximum atomic E-state index is 11.5. The third-order valence-electron chi connectivity index (χ3n) is 3.16. The minimum Gasteiger partial charge on any atom is -0.363 e. The van der Waals surface area contributed by atoms with Crippen LogP contribution in [0.5, 0.6) is 0 Å². The Morgan fingerprint density at radius 2 is 1.69 bits per heavy atom. The van der Waals surface area contributed by atoms with Gasteiger partial charge in [0.1, 0.15) is 0 Å². The molecule has 1 rings (SSSR count). The van der Waals surface area contributed by atoms with Crippen LogP contribution in [0, 0.1) is 0 Å². The first-order chi connectivity index (χ1) is 7.29. The number of hydroxylamine groups is 2. The van der Waals surface area contributed by atoms with E-state index in [9.17, 15) is 4.79 Å². The average molecular weight is 225 g/mol. The molecule has 3 nitrogen and oxygen atoms in total. The van der Waals surface area contributed by atoms with E-state index in [2.05, 4.69) is 27.7 Å². The van der Waals surface area contributed by atoms with E-state index in [1.807, 2.05) is 12.0 Å². The monoisotopic (exact) mass is 225 g/mol. The molecule has 0 spiro atoms. The molecule has 1 aliphatic rings. The molecule has 1 aliphatic heterocycles. The second-order valence-electron chi connectivity index (χ2n) is 5.68. The van der Waals surface area contributed by atoms with Gasteiger partial charge < -0.3 is 4.84 Å². The van der Waals surface area contributed by atoms with Crippen molar-refractivity contribution in [3.63, 3.8) is 0 Å². The minimum absolute atomic E-state index is 0.0843. The van der Waals surface area contributed by atoms with Crippen molar-refractivity contribution < 1.29 is 9.63 Å². The molecule has 92 valence electrons. The maximum absolute atomic E-state index is 11.5. The van der Waals surface area contributed by atoms with Gasteiger partial charge in [0.2, 0.25) is 0 Å². The summed E-state index contributed by atoms with van der Waals surface area (Å²) < 4.78 is 0. The van der Waals surface area contributed by atoms with Gasteiger partial charge in [-0.05, 0) is 53.9 Å². The third-order valence-corrected chi connectivity index (χ3v) is 3.16. The molecule has 0 aliphatic carbocycles. The molecule has 0 atom stereocenters. The molecule has 0 saturated carbocycles. The molecule has 0 radical (unpaired) electrons. The largest absolute Gasteiger partial charge is 0.363 e. The lowest BCUT2D eigenvalue weighted by Crippen LogP contribution is -2.58. The second-order valence-corrected chi connectivity index (χ2v) is 5.68. The summed E-state index contributed by atoms with van der Waals surface area (Å²) >= 11 is 0. The number of hydrogen-bond acceptors (Lipinski definition) is 3. The first-order valence-electron chi connectivity index (χ1n) is 5.94. The van der Waals surface area contributed by atoms with E-state index >= 15 is 0 Å². The summed E-state index contributed by atoms with van der Waals surface area (Å²) in [7, 11) is 0. The predicted octanol–water partition coefficient (Wildman–Crippen LogP) is 3.06. The third kappa shape index (κ3) is 2.85. The molecular formula is C13H23NO2. The van der Waals surface area contributed by atoms with Crippen LogP contribution in [0.2, 0.25) is 0 Å². The number of hydrogen-bond donors (Lipinski definition) is 0. The molecule has 1 saturated heterocycles. The zero-order valence-electron chi connectivity index (χ0n) is 11.0. The molecule has 0 aromatic carbocycles. The Morgan fingerprint density at radius 3 is 2.12 bits per heavy atom. The summed E-state index contributed by atoms with van der Waals surface area (Å²) in [5.74, 6) is -0.287. The van der Waals surface area contributed by atoms with Gasteiger partial charge in [-0.25, -0.2) is 4.79 Å². The zero-order valence-corrected chi connectivity index (χ0v) is 11.0.